The Hall–Kier alpha value is -3.90. The summed E-state index contributed by atoms with van der Waals surface area (Å²) in [5.41, 5.74) is 1.49. The van der Waals surface area contributed by atoms with Gasteiger partial charge in [-0.05, 0) is 59.0 Å². The van der Waals surface area contributed by atoms with Crippen LogP contribution in [0.3, 0.4) is 0 Å². The molecule has 4 unspecified atom stereocenters. The van der Waals surface area contributed by atoms with Crippen molar-refractivity contribution >= 4 is 66.6 Å². The summed E-state index contributed by atoms with van der Waals surface area (Å²) in [7, 11) is 1.40. The normalized spacial score (nSPS) is 25.4. The molecule has 4 atom stereocenters. The summed E-state index contributed by atoms with van der Waals surface area (Å²) in [5, 5.41) is 22.3. The Kier molecular flexibility index (Phi) is 6.57. The van der Waals surface area contributed by atoms with E-state index in [-0.39, 0.29) is 51.3 Å². The second-order valence-corrected chi connectivity index (χ2v) is 12.0. The molecule has 1 fully saturated rings. The number of ether oxygens (including phenoxy) is 1. The summed E-state index contributed by atoms with van der Waals surface area (Å²) < 4.78 is 6.01. The third-order valence-electron chi connectivity index (χ3n) is 8.25. The van der Waals surface area contributed by atoms with E-state index in [2.05, 4.69) is 31.9 Å². The van der Waals surface area contributed by atoms with Crippen LogP contribution in [0.5, 0.6) is 11.5 Å². The van der Waals surface area contributed by atoms with Crippen molar-refractivity contribution in [1.82, 2.24) is 0 Å². The monoisotopic (exact) mass is 682 g/mol. The number of ketones is 2. The van der Waals surface area contributed by atoms with E-state index in [1.54, 1.807) is 12.1 Å². The van der Waals surface area contributed by atoms with Crippen molar-refractivity contribution in [1.29, 1.82) is 0 Å². The Balaban J connectivity index is 1.49. The molecule has 1 N–H and O–H groups in total. The lowest BCUT2D eigenvalue weighted by Gasteiger charge is -2.42. The van der Waals surface area contributed by atoms with Gasteiger partial charge >= 0.3 is 0 Å². The summed E-state index contributed by atoms with van der Waals surface area (Å²) in [6.45, 7) is 0. The fourth-order valence-electron chi connectivity index (χ4n) is 6.51. The molecule has 3 aliphatic carbocycles. The van der Waals surface area contributed by atoms with Crippen molar-refractivity contribution in [2.45, 2.75) is 18.8 Å². The van der Waals surface area contributed by atoms with E-state index < -0.39 is 52.0 Å². The van der Waals surface area contributed by atoms with Crippen molar-refractivity contribution in [2.24, 2.45) is 17.8 Å². The number of fused-ring (bicyclic) bond motifs is 3. The molecule has 4 aliphatic rings. The number of nitro benzene ring substituents is 1. The molecule has 12 heteroatoms. The topological polar surface area (TPSA) is 144 Å². The molecule has 0 aromatic heterocycles. The third kappa shape index (κ3) is 4.11. The number of non-ortho nitro benzene ring substituents is 1. The van der Waals surface area contributed by atoms with Gasteiger partial charge in [-0.2, -0.15) is 0 Å². The number of phenols is 1. The molecular formula is C29H20Br2N2O8. The zero-order chi connectivity index (χ0) is 29.3. The number of hydrogen-bond acceptors (Lipinski definition) is 8. The maximum Gasteiger partial charge on any atom is 0.269 e. The van der Waals surface area contributed by atoms with E-state index in [1.165, 1.54) is 37.5 Å². The molecule has 2 amide bonds. The molecule has 0 saturated carbocycles. The van der Waals surface area contributed by atoms with Gasteiger partial charge in [-0.15, -0.1) is 0 Å². The van der Waals surface area contributed by atoms with Crippen LogP contribution >= 0.6 is 31.9 Å². The Bertz CT molecular complexity index is 1690. The quantitative estimate of drug-likeness (QED) is 0.155. The number of halogens is 2. The highest BCUT2D eigenvalue weighted by molar-refractivity contribution is 9.12. The van der Waals surface area contributed by atoms with Gasteiger partial charge in [0.25, 0.3) is 5.69 Å². The summed E-state index contributed by atoms with van der Waals surface area (Å²) in [5.74, 6) is -4.76. The van der Waals surface area contributed by atoms with E-state index >= 15 is 0 Å². The predicted octanol–water partition coefficient (Wildman–Crippen LogP) is 5.04. The molecule has 1 aliphatic heterocycles. The van der Waals surface area contributed by atoms with Crippen LogP contribution in [0.25, 0.3) is 0 Å². The summed E-state index contributed by atoms with van der Waals surface area (Å²) >= 11 is 6.62. The predicted molar refractivity (Wildman–Crippen MR) is 153 cm³/mol. The Morgan fingerprint density at radius 2 is 1.76 bits per heavy atom. The first-order valence-electron chi connectivity index (χ1n) is 12.6. The van der Waals surface area contributed by atoms with Crippen molar-refractivity contribution in [3.63, 3.8) is 0 Å². The number of hydrogen-bond donors (Lipinski definition) is 1. The minimum atomic E-state index is -0.860. The SMILES string of the molecule is COc1cc(Br)cc(C2C3=CCC4C(=O)N(c5ccc([N+](=O)[O-])cc5)C(=O)C4C3CC3=C2C(=O)C=C(Br)C3=O)c1O. The second kappa shape index (κ2) is 9.88. The summed E-state index contributed by atoms with van der Waals surface area (Å²) in [6, 6.07) is 8.41. The molecule has 208 valence electrons. The van der Waals surface area contributed by atoms with E-state index in [4.69, 9.17) is 4.74 Å². The van der Waals surface area contributed by atoms with Gasteiger partial charge in [0.1, 0.15) is 0 Å². The maximum absolute atomic E-state index is 13.9. The Labute approximate surface area is 249 Å². The first-order chi connectivity index (χ1) is 19.5. The number of carbonyl (C=O) groups is 4. The molecule has 1 heterocycles. The van der Waals surface area contributed by atoms with Gasteiger partial charge in [-0.3, -0.25) is 34.2 Å². The van der Waals surface area contributed by atoms with Crippen molar-refractivity contribution in [3.8, 4) is 11.5 Å². The number of carbonyl (C=O) groups excluding carboxylic acids is 4. The minimum Gasteiger partial charge on any atom is -0.504 e. The smallest absolute Gasteiger partial charge is 0.269 e. The number of methoxy groups -OCH3 is 1. The number of Topliss-reactive ketones (excluding diaryl/α,β-unsaturated/α-hetero) is 1. The van der Waals surface area contributed by atoms with Crippen molar-refractivity contribution in [3.05, 3.63) is 89.9 Å². The molecule has 0 bridgehead atoms. The molecule has 0 radical (unpaired) electrons. The van der Waals surface area contributed by atoms with E-state index in [9.17, 15) is 34.4 Å². The highest BCUT2D eigenvalue weighted by Crippen LogP contribution is 2.57. The molecule has 6 rings (SSSR count). The van der Waals surface area contributed by atoms with Crippen LogP contribution in [-0.4, -0.2) is 40.5 Å². The van der Waals surface area contributed by atoms with Gasteiger partial charge < -0.3 is 9.84 Å². The first-order valence-corrected chi connectivity index (χ1v) is 14.2. The lowest BCUT2D eigenvalue weighted by Crippen LogP contribution is -2.39. The summed E-state index contributed by atoms with van der Waals surface area (Å²) in [4.78, 5) is 65.9. The molecule has 0 spiro atoms. The second-order valence-electron chi connectivity index (χ2n) is 10.2. The van der Waals surface area contributed by atoms with Crippen LogP contribution in [0.15, 0.2) is 74.2 Å². The minimum absolute atomic E-state index is 0.0609. The van der Waals surface area contributed by atoms with Gasteiger partial charge in [-0.1, -0.05) is 27.6 Å². The number of imide groups is 1. The van der Waals surface area contributed by atoms with Gasteiger partial charge in [0.15, 0.2) is 23.1 Å². The van der Waals surface area contributed by atoms with E-state index in [0.29, 0.717) is 15.6 Å². The van der Waals surface area contributed by atoms with Crippen molar-refractivity contribution < 1.29 is 33.9 Å². The van der Waals surface area contributed by atoms with Crippen LogP contribution in [0.2, 0.25) is 0 Å². The standard InChI is InChI=1S/C29H20Br2N2O8/c1-41-22-9-12(30)8-18(27(22)36)23-15-6-7-16-24(17(15)10-19-25(23)21(34)11-20(31)26(19)35)29(38)32(28(16)37)13-2-4-14(5-3-13)33(39)40/h2-6,8-9,11,16-17,23-24,36H,7,10H2,1H3. The first kappa shape index (κ1) is 27.3. The summed E-state index contributed by atoms with van der Waals surface area (Å²) in [6.07, 6.45) is 3.32. The number of nitro groups is 1. The Morgan fingerprint density at radius 3 is 2.41 bits per heavy atom. The molecule has 1 saturated heterocycles. The van der Waals surface area contributed by atoms with Crippen LogP contribution < -0.4 is 9.64 Å². The molecule has 2 aromatic carbocycles. The number of nitrogens with zero attached hydrogens (tertiary/aromatic N) is 2. The lowest BCUT2D eigenvalue weighted by atomic mass is 9.59. The maximum atomic E-state index is 13.9. The van der Waals surface area contributed by atoms with Gasteiger partial charge in [-0.25, -0.2) is 0 Å². The number of aromatic hydroxyl groups is 1. The zero-order valence-electron chi connectivity index (χ0n) is 21.3. The highest BCUT2D eigenvalue weighted by atomic mass is 79.9. The number of phenolic OH excluding ortho intramolecular Hbond substituents is 1. The molecule has 41 heavy (non-hydrogen) atoms. The van der Waals surface area contributed by atoms with E-state index in [0.717, 1.165) is 4.90 Å². The van der Waals surface area contributed by atoms with Crippen LogP contribution in [0, 0.1) is 27.9 Å². The number of anilines is 1. The van der Waals surface area contributed by atoms with Crippen LogP contribution in [0.1, 0.15) is 24.3 Å². The zero-order valence-corrected chi connectivity index (χ0v) is 24.5. The fraction of sp³-hybridized carbons (Fsp3) is 0.241. The van der Waals surface area contributed by atoms with Crippen LogP contribution in [-0.2, 0) is 19.2 Å². The number of rotatable bonds is 4. The van der Waals surface area contributed by atoms with Gasteiger partial charge in [0, 0.05) is 45.3 Å². The largest absolute Gasteiger partial charge is 0.504 e. The van der Waals surface area contributed by atoms with Crippen molar-refractivity contribution in [2.75, 3.05) is 12.0 Å². The molecule has 2 aromatic rings. The van der Waals surface area contributed by atoms with E-state index in [1.807, 2.05) is 6.08 Å². The fourth-order valence-corrected chi connectivity index (χ4v) is 7.41. The number of amides is 2. The Morgan fingerprint density at radius 1 is 1.05 bits per heavy atom. The number of allylic oxidation sites excluding steroid dienone is 6. The third-order valence-corrected chi connectivity index (χ3v) is 9.30. The van der Waals surface area contributed by atoms with Gasteiger partial charge in [0.2, 0.25) is 11.8 Å². The molecular weight excluding hydrogens is 664 g/mol. The number of benzene rings is 2. The average molecular weight is 684 g/mol. The van der Waals surface area contributed by atoms with Crippen LogP contribution in [0.4, 0.5) is 11.4 Å². The lowest BCUT2D eigenvalue weighted by molar-refractivity contribution is -0.384. The molecule has 10 nitrogen and oxygen atoms in total. The van der Waals surface area contributed by atoms with Gasteiger partial charge in [0.05, 0.1) is 34.0 Å². The average Bonchev–Trinajstić information content (AvgIpc) is 3.21. The highest BCUT2D eigenvalue weighted by Gasteiger charge is 2.57.